The van der Waals surface area contributed by atoms with Gasteiger partial charge < -0.3 is 5.73 Å². The second-order valence-electron chi connectivity index (χ2n) is 2.13. The van der Waals surface area contributed by atoms with E-state index in [0.717, 1.165) is 4.47 Å². The van der Waals surface area contributed by atoms with E-state index in [0.29, 0.717) is 5.56 Å². The Balaban J connectivity index is 3.31. The predicted octanol–water partition coefficient (Wildman–Crippen LogP) is 2.48. The van der Waals surface area contributed by atoms with Gasteiger partial charge in [0.05, 0.1) is 5.69 Å². The molecule has 0 aliphatic heterocycles. The van der Waals surface area contributed by atoms with E-state index in [1.165, 1.54) is 0 Å². The van der Waals surface area contributed by atoms with Crippen LogP contribution in [0.2, 0.25) is 0 Å². The van der Waals surface area contributed by atoms with Crippen molar-refractivity contribution in [3.63, 3.8) is 0 Å². The van der Waals surface area contributed by atoms with Crippen LogP contribution in [-0.4, -0.2) is 0 Å². The summed E-state index contributed by atoms with van der Waals surface area (Å²) in [4.78, 5) is 0. The van der Waals surface area contributed by atoms with Gasteiger partial charge >= 0.3 is 0 Å². The smallest absolute Gasteiger partial charge is 0.149 e. The van der Waals surface area contributed by atoms with Crippen LogP contribution < -0.4 is 5.73 Å². The molecule has 3 heteroatoms. The van der Waals surface area contributed by atoms with E-state index in [4.69, 9.17) is 5.73 Å². The Labute approximate surface area is 67.2 Å². The van der Waals surface area contributed by atoms with Gasteiger partial charge in [-0.25, -0.2) is 4.39 Å². The molecule has 0 fully saturated rings. The van der Waals surface area contributed by atoms with Crippen molar-refractivity contribution in [3.05, 3.63) is 28.0 Å². The SMILES string of the molecule is Cc1cc(Br)cc(N)c1F. The van der Waals surface area contributed by atoms with E-state index in [-0.39, 0.29) is 11.5 Å². The number of aryl methyl sites for hydroxylation is 1. The van der Waals surface area contributed by atoms with E-state index >= 15 is 0 Å². The molecule has 0 saturated heterocycles. The first kappa shape index (κ1) is 7.54. The molecule has 0 aromatic heterocycles. The van der Waals surface area contributed by atoms with E-state index in [9.17, 15) is 4.39 Å². The standard InChI is InChI=1S/C7H7BrFN/c1-4-2-5(8)3-6(10)7(4)9/h2-3H,10H2,1H3. The maximum Gasteiger partial charge on any atom is 0.149 e. The molecule has 1 nitrogen and oxygen atoms in total. The summed E-state index contributed by atoms with van der Waals surface area (Å²) in [5.74, 6) is -0.330. The number of hydrogen-bond donors (Lipinski definition) is 1. The van der Waals surface area contributed by atoms with Gasteiger partial charge in [0, 0.05) is 4.47 Å². The minimum Gasteiger partial charge on any atom is -0.396 e. The molecular formula is C7H7BrFN. The lowest BCUT2D eigenvalue weighted by Crippen LogP contribution is -1.92. The number of nitrogens with two attached hydrogens (primary N) is 1. The highest BCUT2D eigenvalue weighted by Gasteiger charge is 2.01. The van der Waals surface area contributed by atoms with Gasteiger partial charge in [-0.3, -0.25) is 0 Å². The Bertz CT molecular complexity index is 237. The van der Waals surface area contributed by atoms with Gasteiger partial charge in [-0.15, -0.1) is 0 Å². The van der Waals surface area contributed by atoms with E-state index < -0.39 is 0 Å². The summed E-state index contributed by atoms with van der Waals surface area (Å²) < 4.78 is 13.6. The molecule has 1 aromatic carbocycles. The van der Waals surface area contributed by atoms with Crippen molar-refractivity contribution < 1.29 is 4.39 Å². The van der Waals surface area contributed by atoms with Crippen molar-refractivity contribution in [2.24, 2.45) is 0 Å². The summed E-state index contributed by atoms with van der Waals surface area (Å²) in [7, 11) is 0. The minimum atomic E-state index is -0.330. The molecule has 0 saturated carbocycles. The number of halogens is 2. The number of rotatable bonds is 0. The fraction of sp³-hybridized carbons (Fsp3) is 0.143. The van der Waals surface area contributed by atoms with Crippen LogP contribution >= 0.6 is 15.9 Å². The van der Waals surface area contributed by atoms with E-state index in [2.05, 4.69) is 15.9 Å². The monoisotopic (exact) mass is 203 g/mol. The van der Waals surface area contributed by atoms with Crippen molar-refractivity contribution in [3.8, 4) is 0 Å². The quantitative estimate of drug-likeness (QED) is 0.645. The van der Waals surface area contributed by atoms with Crippen molar-refractivity contribution in [2.75, 3.05) is 5.73 Å². The number of benzene rings is 1. The molecule has 0 heterocycles. The molecule has 0 bridgehead atoms. The molecule has 0 aliphatic carbocycles. The first-order valence-corrected chi connectivity index (χ1v) is 3.61. The van der Waals surface area contributed by atoms with Crippen LogP contribution in [0.1, 0.15) is 5.56 Å². The molecule has 54 valence electrons. The molecule has 0 atom stereocenters. The van der Waals surface area contributed by atoms with Gasteiger partial charge in [0.25, 0.3) is 0 Å². The topological polar surface area (TPSA) is 26.0 Å². The summed E-state index contributed by atoms with van der Waals surface area (Å²) in [6.07, 6.45) is 0. The number of nitrogen functional groups attached to an aromatic ring is 1. The lowest BCUT2D eigenvalue weighted by molar-refractivity contribution is 0.623. The van der Waals surface area contributed by atoms with Crippen LogP contribution in [0.3, 0.4) is 0 Å². The summed E-state index contributed by atoms with van der Waals surface area (Å²) in [5.41, 5.74) is 6.07. The van der Waals surface area contributed by atoms with Gasteiger partial charge in [-0.1, -0.05) is 15.9 Å². The van der Waals surface area contributed by atoms with E-state index in [1.54, 1.807) is 19.1 Å². The van der Waals surface area contributed by atoms with Crippen LogP contribution in [0.15, 0.2) is 16.6 Å². The van der Waals surface area contributed by atoms with Crippen molar-refractivity contribution in [1.29, 1.82) is 0 Å². The Morgan fingerprint density at radius 2 is 2.10 bits per heavy atom. The minimum absolute atomic E-state index is 0.187. The average Bonchev–Trinajstić information content (AvgIpc) is 1.82. The van der Waals surface area contributed by atoms with Gasteiger partial charge in [-0.05, 0) is 24.6 Å². The highest BCUT2D eigenvalue weighted by Crippen LogP contribution is 2.20. The predicted molar refractivity (Wildman–Crippen MR) is 43.2 cm³/mol. The summed E-state index contributed by atoms with van der Waals surface area (Å²) in [5, 5.41) is 0. The average molecular weight is 204 g/mol. The Hall–Kier alpha value is -0.570. The third-order valence-corrected chi connectivity index (χ3v) is 1.71. The largest absolute Gasteiger partial charge is 0.396 e. The van der Waals surface area contributed by atoms with Crippen LogP contribution in [0.5, 0.6) is 0 Å². The van der Waals surface area contributed by atoms with E-state index in [1.807, 2.05) is 0 Å². The number of hydrogen-bond acceptors (Lipinski definition) is 1. The summed E-state index contributed by atoms with van der Waals surface area (Å²) >= 11 is 3.20. The second-order valence-corrected chi connectivity index (χ2v) is 3.04. The molecule has 0 radical (unpaired) electrons. The van der Waals surface area contributed by atoms with Gasteiger partial charge in [-0.2, -0.15) is 0 Å². The highest BCUT2D eigenvalue weighted by molar-refractivity contribution is 9.10. The maximum absolute atomic E-state index is 12.8. The highest BCUT2D eigenvalue weighted by atomic mass is 79.9. The molecule has 0 unspecified atom stereocenters. The zero-order valence-corrected chi connectivity index (χ0v) is 7.07. The molecule has 0 amide bonds. The van der Waals surface area contributed by atoms with Crippen LogP contribution in [0.4, 0.5) is 10.1 Å². The Morgan fingerprint density at radius 3 is 2.60 bits per heavy atom. The van der Waals surface area contributed by atoms with Crippen LogP contribution in [0.25, 0.3) is 0 Å². The molecule has 0 spiro atoms. The number of anilines is 1. The molecular weight excluding hydrogens is 197 g/mol. The first-order chi connectivity index (χ1) is 4.61. The normalized spacial score (nSPS) is 9.90. The van der Waals surface area contributed by atoms with Crippen molar-refractivity contribution >= 4 is 21.6 Å². The zero-order chi connectivity index (χ0) is 7.72. The molecule has 1 aromatic rings. The third-order valence-electron chi connectivity index (χ3n) is 1.25. The van der Waals surface area contributed by atoms with Crippen LogP contribution in [0, 0.1) is 12.7 Å². The molecule has 10 heavy (non-hydrogen) atoms. The molecule has 1 rings (SSSR count). The summed E-state index contributed by atoms with van der Waals surface area (Å²) in [6, 6.07) is 3.23. The summed E-state index contributed by atoms with van der Waals surface area (Å²) in [6.45, 7) is 1.68. The molecule has 2 N–H and O–H groups in total. The van der Waals surface area contributed by atoms with Crippen LogP contribution in [-0.2, 0) is 0 Å². The fourth-order valence-electron chi connectivity index (χ4n) is 0.751. The zero-order valence-electron chi connectivity index (χ0n) is 5.49. The Morgan fingerprint density at radius 1 is 1.50 bits per heavy atom. The van der Waals surface area contributed by atoms with Crippen molar-refractivity contribution in [2.45, 2.75) is 6.92 Å². The second kappa shape index (κ2) is 2.58. The van der Waals surface area contributed by atoms with Crippen molar-refractivity contribution in [1.82, 2.24) is 0 Å². The molecule has 0 aliphatic rings. The first-order valence-electron chi connectivity index (χ1n) is 2.82. The lowest BCUT2D eigenvalue weighted by Gasteiger charge is -2.00. The lowest BCUT2D eigenvalue weighted by atomic mass is 10.2. The van der Waals surface area contributed by atoms with Gasteiger partial charge in [0.1, 0.15) is 5.82 Å². The maximum atomic E-state index is 12.8. The van der Waals surface area contributed by atoms with Gasteiger partial charge in [0.15, 0.2) is 0 Å². The third kappa shape index (κ3) is 1.29. The fourth-order valence-corrected chi connectivity index (χ4v) is 1.34. The Kier molecular flexibility index (Phi) is 1.94. The van der Waals surface area contributed by atoms with Gasteiger partial charge in [0.2, 0.25) is 0 Å².